The van der Waals surface area contributed by atoms with Crippen molar-refractivity contribution in [3.8, 4) is 0 Å². The van der Waals surface area contributed by atoms with Gasteiger partial charge >= 0.3 is 0 Å². The summed E-state index contributed by atoms with van der Waals surface area (Å²) in [7, 11) is 0. The first-order valence-corrected chi connectivity index (χ1v) is 7.28. The quantitative estimate of drug-likeness (QED) is 0.666. The minimum Gasteiger partial charge on any atom is -0.298 e. The number of piperidine rings is 1. The first kappa shape index (κ1) is 14.2. The molecule has 0 bridgehead atoms. The van der Waals surface area contributed by atoms with E-state index in [9.17, 15) is 0 Å². The number of halogens is 2. The second kappa shape index (κ2) is 5.40. The molecule has 2 fully saturated rings. The van der Waals surface area contributed by atoms with E-state index in [4.69, 9.17) is 23.2 Å². The van der Waals surface area contributed by atoms with Gasteiger partial charge in [-0.2, -0.15) is 0 Å². The fourth-order valence-electron chi connectivity index (χ4n) is 2.39. The lowest BCUT2D eigenvalue weighted by molar-refractivity contribution is 0.156. The second-order valence-corrected chi connectivity index (χ2v) is 7.06. The highest BCUT2D eigenvalue weighted by molar-refractivity contribution is 6.41. The van der Waals surface area contributed by atoms with Crippen LogP contribution in [-0.4, -0.2) is 23.5 Å². The average molecular weight is 286 g/mol. The van der Waals surface area contributed by atoms with Gasteiger partial charge in [0.25, 0.3) is 0 Å². The molecule has 1 saturated heterocycles. The summed E-state index contributed by atoms with van der Waals surface area (Å²) in [6.07, 6.45) is 1.52. The largest absolute Gasteiger partial charge is 0.298 e. The number of benzene rings is 1. The van der Waals surface area contributed by atoms with Gasteiger partial charge in [0.2, 0.25) is 0 Å². The lowest BCUT2D eigenvalue weighted by Crippen LogP contribution is -2.40. The minimum absolute atomic E-state index is 0.424. The van der Waals surface area contributed by atoms with Crippen LogP contribution in [0.1, 0.15) is 27.2 Å². The Hall–Kier alpha value is -0.240. The molecule has 0 spiro atoms. The lowest BCUT2D eigenvalue weighted by Gasteiger charge is -2.32. The predicted molar refractivity (Wildman–Crippen MR) is 79.4 cm³/mol. The van der Waals surface area contributed by atoms with Gasteiger partial charge < -0.3 is 0 Å². The van der Waals surface area contributed by atoms with Crippen molar-refractivity contribution in [3.63, 3.8) is 0 Å². The van der Waals surface area contributed by atoms with Gasteiger partial charge in [0.05, 0.1) is 10.0 Å². The normalized spacial score (nSPS) is 26.3. The maximum atomic E-state index is 5.58. The molecule has 0 N–H and O–H groups in total. The van der Waals surface area contributed by atoms with Crippen molar-refractivity contribution in [1.29, 1.82) is 0 Å². The molecule has 1 aromatic carbocycles. The number of hydrogen-bond acceptors (Lipinski definition) is 1. The van der Waals surface area contributed by atoms with Gasteiger partial charge in [0.1, 0.15) is 0 Å². The Morgan fingerprint density at radius 2 is 1.44 bits per heavy atom. The standard InChI is InChI=1S/C9H17N.C6H4Cl2/c1-9(2,3)10-5-7-4-8(7)6-10;7-5-3-1-2-4-6(5)8/h7-8H,4-6H2,1-3H3;1-4H. The van der Waals surface area contributed by atoms with E-state index in [2.05, 4.69) is 25.7 Å². The van der Waals surface area contributed by atoms with Gasteiger partial charge in [-0.05, 0) is 51.2 Å². The topological polar surface area (TPSA) is 3.24 Å². The van der Waals surface area contributed by atoms with Crippen LogP contribution in [0.5, 0.6) is 0 Å². The summed E-state index contributed by atoms with van der Waals surface area (Å²) in [6, 6.07) is 7.19. The molecule has 2 aliphatic rings. The van der Waals surface area contributed by atoms with Gasteiger partial charge in [0.15, 0.2) is 0 Å². The van der Waals surface area contributed by atoms with Crippen LogP contribution in [0, 0.1) is 11.8 Å². The Kier molecular flexibility index (Phi) is 4.25. The lowest BCUT2D eigenvalue weighted by atomic mass is 10.1. The highest BCUT2D eigenvalue weighted by Gasteiger charge is 2.47. The molecule has 1 heterocycles. The van der Waals surface area contributed by atoms with E-state index in [1.165, 1.54) is 19.5 Å². The molecule has 1 saturated carbocycles. The summed E-state index contributed by atoms with van der Waals surface area (Å²) in [5, 5.41) is 1.21. The molecule has 100 valence electrons. The van der Waals surface area contributed by atoms with Crippen LogP contribution < -0.4 is 0 Å². The molecule has 2 unspecified atom stereocenters. The Bertz CT molecular complexity index is 380. The predicted octanol–water partition coefficient (Wildman–Crippen LogP) is 4.73. The van der Waals surface area contributed by atoms with E-state index in [-0.39, 0.29) is 0 Å². The van der Waals surface area contributed by atoms with Crippen LogP contribution in [0.4, 0.5) is 0 Å². The third-order valence-electron chi connectivity index (χ3n) is 3.75. The van der Waals surface area contributed by atoms with Crippen molar-refractivity contribution in [2.45, 2.75) is 32.7 Å². The number of nitrogens with zero attached hydrogens (tertiary/aromatic N) is 1. The summed E-state index contributed by atoms with van der Waals surface area (Å²) >= 11 is 11.2. The van der Waals surface area contributed by atoms with E-state index in [0.717, 1.165) is 11.8 Å². The van der Waals surface area contributed by atoms with E-state index in [0.29, 0.717) is 15.6 Å². The highest BCUT2D eigenvalue weighted by atomic mass is 35.5. The molecule has 3 rings (SSSR count). The Labute approximate surface area is 120 Å². The average Bonchev–Trinajstić information content (AvgIpc) is 2.90. The molecule has 3 heteroatoms. The van der Waals surface area contributed by atoms with Gasteiger partial charge in [-0.3, -0.25) is 4.90 Å². The van der Waals surface area contributed by atoms with E-state index >= 15 is 0 Å². The Balaban J connectivity index is 0.000000138. The monoisotopic (exact) mass is 285 g/mol. The third-order valence-corrected chi connectivity index (χ3v) is 4.51. The molecule has 1 aliphatic carbocycles. The second-order valence-electron chi connectivity index (χ2n) is 6.25. The third kappa shape index (κ3) is 3.63. The van der Waals surface area contributed by atoms with E-state index < -0.39 is 0 Å². The van der Waals surface area contributed by atoms with Gasteiger partial charge in [0, 0.05) is 18.6 Å². The Morgan fingerprint density at radius 1 is 1.00 bits per heavy atom. The summed E-state index contributed by atoms with van der Waals surface area (Å²) in [5.41, 5.74) is 0.424. The van der Waals surface area contributed by atoms with Crippen molar-refractivity contribution in [1.82, 2.24) is 4.90 Å². The van der Waals surface area contributed by atoms with Crippen molar-refractivity contribution in [3.05, 3.63) is 34.3 Å². The first-order valence-electron chi connectivity index (χ1n) is 6.53. The number of likely N-dealkylation sites (tertiary alicyclic amines) is 1. The number of fused-ring (bicyclic) bond motifs is 1. The maximum absolute atomic E-state index is 5.58. The van der Waals surface area contributed by atoms with Crippen molar-refractivity contribution < 1.29 is 0 Å². The van der Waals surface area contributed by atoms with Gasteiger partial charge in [-0.1, -0.05) is 35.3 Å². The molecule has 1 aromatic rings. The van der Waals surface area contributed by atoms with Crippen molar-refractivity contribution in [2.24, 2.45) is 11.8 Å². The molecule has 0 amide bonds. The summed E-state index contributed by atoms with van der Waals surface area (Å²) < 4.78 is 0. The number of rotatable bonds is 0. The van der Waals surface area contributed by atoms with Crippen molar-refractivity contribution >= 4 is 23.2 Å². The molecule has 0 aromatic heterocycles. The Morgan fingerprint density at radius 3 is 1.72 bits per heavy atom. The minimum atomic E-state index is 0.424. The SMILES string of the molecule is CC(C)(C)N1CC2CC2C1.Clc1ccccc1Cl. The summed E-state index contributed by atoms with van der Waals surface area (Å²) in [5.74, 6) is 2.17. The molecule has 2 atom stereocenters. The molecule has 18 heavy (non-hydrogen) atoms. The molecular formula is C15H21Cl2N. The summed E-state index contributed by atoms with van der Waals surface area (Å²) in [4.78, 5) is 2.62. The van der Waals surface area contributed by atoms with Crippen molar-refractivity contribution in [2.75, 3.05) is 13.1 Å². The fourth-order valence-corrected chi connectivity index (χ4v) is 2.66. The zero-order valence-corrected chi connectivity index (χ0v) is 12.8. The number of hydrogen-bond donors (Lipinski definition) is 0. The maximum Gasteiger partial charge on any atom is 0.0592 e. The molecule has 1 aliphatic heterocycles. The van der Waals surface area contributed by atoms with E-state index in [1.54, 1.807) is 12.1 Å². The van der Waals surface area contributed by atoms with Crippen LogP contribution in [0.15, 0.2) is 24.3 Å². The smallest absolute Gasteiger partial charge is 0.0592 e. The van der Waals surface area contributed by atoms with Crippen LogP contribution >= 0.6 is 23.2 Å². The van der Waals surface area contributed by atoms with Gasteiger partial charge in [-0.15, -0.1) is 0 Å². The molecule has 1 nitrogen and oxygen atoms in total. The summed E-state index contributed by atoms with van der Waals surface area (Å²) in [6.45, 7) is 9.69. The zero-order valence-electron chi connectivity index (χ0n) is 11.3. The zero-order chi connectivity index (χ0) is 13.3. The molecular weight excluding hydrogens is 265 g/mol. The van der Waals surface area contributed by atoms with Crippen LogP contribution in [0.3, 0.4) is 0 Å². The van der Waals surface area contributed by atoms with Crippen LogP contribution in [-0.2, 0) is 0 Å². The fraction of sp³-hybridized carbons (Fsp3) is 0.600. The van der Waals surface area contributed by atoms with Crippen LogP contribution in [0.2, 0.25) is 10.0 Å². The van der Waals surface area contributed by atoms with Gasteiger partial charge in [-0.25, -0.2) is 0 Å². The highest BCUT2D eigenvalue weighted by Crippen LogP contribution is 2.46. The first-order chi connectivity index (χ1) is 8.38. The molecule has 0 radical (unpaired) electrons. The van der Waals surface area contributed by atoms with E-state index in [1.807, 2.05) is 12.1 Å². The van der Waals surface area contributed by atoms with Crippen LogP contribution in [0.25, 0.3) is 0 Å².